The van der Waals surface area contributed by atoms with Gasteiger partial charge in [-0.3, -0.25) is 0 Å². The monoisotopic (exact) mass is 1460 g/mol. The van der Waals surface area contributed by atoms with Gasteiger partial charge < -0.3 is 18.2 Å². The minimum absolute atomic E-state index is 0.315. The van der Waals surface area contributed by atoms with E-state index in [2.05, 4.69) is 358 Å². The highest BCUT2D eigenvalue weighted by atomic mass is 16.3. The number of hydrogen-bond acceptors (Lipinski definition) is 4. The molecule has 16 aromatic carbocycles. The van der Waals surface area contributed by atoms with E-state index in [0.29, 0.717) is 0 Å². The molecule has 0 saturated carbocycles. The van der Waals surface area contributed by atoms with Crippen LogP contribution in [-0.2, 0) is 32.5 Å². The number of nitrogens with zero attached hydrogens (tertiary/aromatic N) is 1. The summed E-state index contributed by atoms with van der Waals surface area (Å²) in [5.74, 6) is 0. The van der Waals surface area contributed by atoms with Crippen molar-refractivity contribution in [3.63, 3.8) is 0 Å². The fourth-order valence-electron chi connectivity index (χ4n) is 25.0. The normalized spacial score (nSPS) is 16.5. The molecule has 19 aromatic rings. The number of benzene rings is 16. The lowest BCUT2D eigenvalue weighted by atomic mass is 9.68. The van der Waals surface area contributed by atoms with Crippen molar-refractivity contribution in [2.75, 3.05) is 4.90 Å². The first-order valence-electron chi connectivity index (χ1n) is 40.6. The summed E-state index contributed by atoms with van der Waals surface area (Å²) in [6.07, 6.45) is 0. The summed E-state index contributed by atoms with van der Waals surface area (Å²) in [6, 6.07) is 114. The average molecular weight is 1460 g/mol. The number of furan rings is 3. The van der Waals surface area contributed by atoms with Gasteiger partial charge in [-0.1, -0.05) is 280 Å². The van der Waals surface area contributed by atoms with Gasteiger partial charge in [-0.25, -0.2) is 0 Å². The maximum Gasteiger partial charge on any atom is 0.144 e. The van der Waals surface area contributed by atoms with Crippen molar-refractivity contribution in [1.82, 2.24) is 0 Å². The van der Waals surface area contributed by atoms with Crippen molar-refractivity contribution in [3.05, 3.63) is 386 Å². The number of hydrogen-bond donors (Lipinski definition) is 0. The standard InChI is InChI=1S/C110H73NO3/c1-105(2)75-36-18-13-31-66(75)97-101(105)99-93(95-71-34-16-25-43-88(71)113-103(95)97)68-49-46-58(53-82(68)107(99,5)6)111(59-47-50-69-83(54-59)108(7,8)100-94(69)96-72-35-17-26-44-89(72)114-104(96)98-67-32-14-19-37-76(67)106(3,4)102(98)100)60-45-48-65-73-56-86-74(57-85(73)110(84(65)55-60)79-40-22-11-29-63(79)64-30-12-23-41-80(64)110)91-81(51-52-90-92(91)70-33-15-24-42-87(70)112-90)109(86)77-38-20-9-27-61(77)62-28-10-21-39-78(62)109/h9-57H,1-8H3. The predicted molar refractivity (Wildman–Crippen MR) is 466 cm³/mol. The molecule has 0 saturated heterocycles. The van der Waals surface area contributed by atoms with E-state index in [4.69, 9.17) is 13.3 Å². The molecular formula is C110H73NO3. The van der Waals surface area contributed by atoms with Gasteiger partial charge >= 0.3 is 0 Å². The van der Waals surface area contributed by atoms with Gasteiger partial charge in [-0.2, -0.15) is 0 Å². The van der Waals surface area contributed by atoms with Crippen molar-refractivity contribution in [1.29, 1.82) is 0 Å². The van der Waals surface area contributed by atoms with Crippen molar-refractivity contribution >= 4 is 82.9 Å². The van der Waals surface area contributed by atoms with Gasteiger partial charge in [0, 0.05) is 82.2 Å². The zero-order valence-electron chi connectivity index (χ0n) is 64.5. The van der Waals surface area contributed by atoms with Crippen molar-refractivity contribution in [2.45, 2.75) is 87.9 Å². The average Bonchev–Trinajstić information content (AvgIpc) is 1.51. The van der Waals surface area contributed by atoms with Crippen molar-refractivity contribution in [2.24, 2.45) is 0 Å². The van der Waals surface area contributed by atoms with Gasteiger partial charge in [0.1, 0.15) is 33.5 Å². The Morgan fingerprint density at radius 1 is 0.202 bits per heavy atom. The number of para-hydroxylation sites is 3. The highest BCUT2D eigenvalue weighted by molar-refractivity contribution is 6.24. The Hall–Kier alpha value is -13.3. The summed E-state index contributed by atoms with van der Waals surface area (Å²) in [5, 5.41) is 7.00. The van der Waals surface area contributed by atoms with E-state index in [-0.39, 0.29) is 10.8 Å². The van der Waals surface area contributed by atoms with Crippen LogP contribution in [0.3, 0.4) is 0 Å². The van der Waals surface area contributed by atoms with Gasteiger partial charge in [0.25, 0.3) is 0 Å². The van der Waals surface area contributed by atoms with Gasteiger partial charge in [0.15, 0.2) is 0 Å². The molecule has 0 atom stereocenters. The largest absolute Gasteiger partial charge is 0.456 e. The third kappa shape index (κ3) is 6.90. The molecule has 0 bridgehead atoms. The first kappa shape index (κ1) is 62.4. The highest BCUT2D eigenvalue weighted by Crippen LogP contribution is 2.72. The highest BCUT2D eigenvalue weighted by Gasteiger charge is 2.58. The zero-order chi connectivity index (χ0) is 75.5. The molecule has 8 aliphatic carbocycles. The van der Waals surface area contributed by atoms with E-state index in [0.717, 1.165) is 66.7 Å². The Morgan fingerprint density at radius 3 is 0.982 bits per heavy atom. The molecule has 4 nitrogen and oxygen atoms in total. The van der Waals surface area contributed by atoms with Crippen LogP contribution >= 0.6 is 0 Å². The first-order valence-corrected chi connectivity index (χ1v) is 40.6. The maximum atomic E-state index is 7.25. The van der Waals surface area contributed by atoms with Crippen LogP contribution in [0.15, 0.2) is 311 Å². The lowest BCUT2D eigenvalue weighted by molar-refractivity contribution is 0.600. The molecule has 27 rings (SSSR count). The number of anilines is 3. The van der Waals surface area contributed by atoms with Crippen LogP contribution in [0.4, 0.5) is 17.1 Å². The van der Waals surface area contributed by atoms with Crippen LogP contribution in [-0.4, -0.2) is 0 Å². The lowest BCUT2D eigenvalue weighted by Crippen LogP contribution is -2.27. The van der Waals surface area contributed by atoms with E-state index in [1.807, 2.05) is 0 Å². The third-order valence-electron chi connectivity index (χ3n) is 29.3. The molecule has 536 valence electrons. The Balaban J connectivity index is 0.741. The Morgan fingerprint density at radius 2 is 0.518 bits per heavy atom. The fraction of sp³-hybridized carbons (Fsp3) is 0.127. The first-order chi connectivity index (χ1) is 55.6. The van der Waals surface area contributed by atoms with Crippen LogP contribution in [0.1, 0.15) is 144 Å². The van der Waals surface area contributed by atoms with E-state index in [1.165, 1.54) is 194 Å². The molecule has 0 aliphatic heterocycles. The molecule has 2 spiro atoms. The second-order valence-electron chi connectivity index (χ2n) is 35.8. The molecule has 114 heavy (non-hydrogen) atoms. The fourth-order valence-corrected chi connectivity index (χ4v) is 25.0. The molecule has 3 aromatic heterocycles. The smallest absolute Gasteiger partial charge is 0.144 e. The van der Waals surface area contributed by atoms with Crippen LogP contribution < -0.4 is 4.90 Å². The Kier molecular flexibility index (Phi) is 11.1. The second-order valence-corrected chi connectivity index (χ2v) is 35.8. The molecule has 0 amide bonds. The minimum atomic E-state index is -0.752. The summed E-state index contributed by atoms with van der Waals surface area (Å²) in [5.41, 5.74) is 47.3. The van der Waals surface area contributed by atoms with E-state index in [1.54, 1.807) is 0 Å². The summed E-state index contributed by atoms with van der Waals surface area (Å²) in [7, 11) is 0. The topological polar surface area (TPSA) is 42.7 Å². The predicted octanol–water partition coefficient (Wildman–Crippen LogP) is 28.8. The van der Waals surface area contributed by atoms with Crippen molar-refractivity contribution in [3.8, 4) is 89.0 Å². The Bertz CT molecular complexity index is 7480. The molecule has 0 radical (unpaired) electrons. The minimum Gasteiger partial charge on any atom is -0.456 e. The number of rotatable bonds is 3. The lowest BCUT2D eigenvalue weighted by Gasteiger charge is -2.34. The zero-order valence-corrected chi connectivity index (χ0v) is 64.5. The van der Waals surface area contributed by atoms with Crippen LogP contribution in [0.2, 0.25) is 0 Å². The molecular weight excluding hydrogens is 1380 g/mol. The number of fused-ring (bicyclic) bond motifs is 48. The van der Waals surface area contributed by atoms with Gasteiger partial charge in [-0.15, -0.1) is 0 Å². The van der Waals surface area contributed by atoms with Gasteiger partial charge in [0.05, 0.1) is 10.8 Å². The van der Waals surface area contributed by atoms with Crippen molar-refractivity contribution < 1.29 is 13.3 Å². The van der Waals surface area contributed by atoms with Crippen LogP contribution in [0.5, 0.6) is 0 Å². The molecule has 0 N–H and O–H groups in total. The summed E-state index contributed by atoms with van der Waals surface area (Å²) >= 11 is 0. The maximum absolute atomic E-state index is 7.25. The third-order valence-corrected chi connectivity index (χ3v) is 29.3. The molecule has 3 heterocycles. The molecule has 0 unspecified atom stereocenters. The van der Waals surface area contributed by atoms with Gasteiger partial charge in [-0.05, 0) is 240 Å². The van der Waals surface area contributed by atoms with E-state index < -0.39 is 21.7 Å². The van der Waals surface area contributed by atoms with E-state index >= 15 is 0 Å². The summed E-state index contributed by atoms with van der Waals surface area (Å²) in [6.45, 7) is 19.8. The molecule has 4 heteroatoms. The van der Waals surface area contributed by atoms with Crippen LogP contribution in [0.25, 0.3) is 155 Å². The second kappa shape index (κ2) is 20.3. The molecule has 8 aliphatic rings. The summed E-state index contributed by atoms with van der Waals surface area (Å²) in [4.78, 5) is 2.64. The molecule has 0 fully saturated rings. The summed E-state index contributed by atoms with van der Waals surface area (Å²) < 4.78 is 21.4. The van der Waals surface area contributed by atoms with E-state index in [9.17, 15) is 0 Å². The SMILES string of the molecule is CC1(C)c2ccccc2-c2c1c1c(c3c2oc2ccccc23)-c2ccc(N(c3ccc4c(c3)C(C)(C)c3c5c(c6oc7ccccc7c6c3-4)-c3ccccc3C5(C)C)c3ccc4c(c3)C3(c5ccccc5-c5ccccc53)c3cc5c(cc3-4)C3(c4ccccc4-c4ccccc43)c3ccc4oc6ccccc6c4c3-5)cc2C1(C)C. The van der Waals surface area contributed by atoms with Crippen LogP contribution in [0, 0.1) is 0 Å². The van der Waals surface area contributed by atoms with Gasteiger partial charge in [0.2, 0.25) is 0 Å². The Labute approximate surface area is 659 Å². The quantitative estimate of drug-likeness (QED) is 0.177.